The van der Waals surface area contributed by atoms with E-state index in [1.807, 2.05) is 60.7 Å². The Morgan fingerprint density at radius 2 is 1.29 bits per heavy atom. The Kier molecular flexibility index (Phi) is 8.83. The Balaban J connectivity index is 1.41. The average Bonchev–Trinajstić information content (AvgIpc) is 3.41. The third kappa shape index (κ3) is 6.95. The Labute approximate surface area is 244 Å². The second-order valence-electron chi connectivity index (χ2n) is 10.9. The lowest BCUT2D eigenvalue weighted by Gasteiger charge is -2.29. The Morgan fingerprint density at radius 1 is 0.762 bits per heavy atom. The van der Waals surface area contributed by atoms with Gasteiger partial charge in [0, 0.05) is 25.4 Å². The number of fused-ring (bicyclic) bond motifs is 2. The van der Waals surface area contributed by atoms with Gasteiger partial charge in [0.05, 0.1) is 6.04 Å². The largest absolute Gasteiger partial charge is 0.508 e. The molecule has 218 valence electrons. The normalized spacial score (nSPS) is 23.3. The number of hydrogen-bond donors (Lipinski definition) is 5. The molecular formula is C32H35N5O5. The molecule has 0 aliphatic carbocycles. The fourth-order valence-electron chi connectivity index (χ4n) is 5.58. The highest BCUT2D eigenvalue weighted by atomic mass is 16.3. The van der Waals surface area contributed by atoms with E-state index < -0.39 is 47.9 Å². The summed E-state index contributed by atoms with van der Waals surface area (Å²) in [7, 11) is 0. The van der Waals surface area contributed by atoms with Crippen LogP contribution in [0.4, 0.5) is 0 Å². The minimum absolute atomic E-state index is 0.106. The zero-order valence-corrected chi connectivity index (χ0v) is 23.1. The van der Waals surface area contributed by atoms with Gasteiger partial charge >= 0.3 is 0 Å². The van der Waals surface area contributed by atoms with Gasteiger partial charge in [-0.3, -0.25) is 19.2 Å². The summed E-state index contributed by atoms with van der Waals surface area (Å²) in [5.41, 5.74) is 8.78. The Hall–Kier alpha value is -4.70. The molecule has 6 N–H and O–H groups in total. The molecule has 2 aliphatic heterocycles. The lowest BCUT2D eigenvalue weighted by atomic mass is 10.0. The summed E-state index contributed by atoms with van der Waals surface area (Å²) in [6, 6.07) is 20.9. The number of likely N-dealkylation sites (tertiary alicyclic amines) is 1. The van der Waals surface area contributed by atoms with Crippen molar-refractivity contribution in [2.24, 2.45) is 5.73 Å². The highest BCUT2D eigenvalue weighted by Crippen LogP contribution is 2.22. The summed E-state index contributed by atoms with van der Waals surface area (Å²) in [6.45, 7) is 0.112. The molecule has 3 aromatic carbocycles. The summed E-state index contributed by atoms with van der Waals surface area (Å²) in [5.74, 6) is -1.67. The van der Waals surface area contributed by atoms with Gasteiger partial charge in [0.15, 0.2) is 0 Å². The van der Waals surface area contributed by atoms with Crippen molar-refractivity contribution in [2.45, 2.75) is 55.9 Å². The first-order valence-electron chi connectivity index (χ1n) is 14.1. The molecule has 0 aromatic heterocycles. The second-order valence-corrected chi connectivity index (χ2v) is 10.9. The van der Waals surface area contributed by atoms with Crippen LogP contribution in [0.2, 0.25) is 0 Å². The number of hydrogen-bond acceptors (Lipinski definition) is 6. The van der Waals surface area contributed by atoms with E-state index in [2.05, 4.69) is 16.0 Å². The van der Waals surface area contributed by atoms with Crippen LogP contribution in [0.1, 0.15) is 23.1 Å². The number of carbonyl (C=O) groups is 4. The minimum atomic E-state index is -0.967. The van der Waals surface area contributed by atoms with Crippen LogP contribution in [0.5, 0.6) is 5.75 Å². The van der Waals surface area contributed by atoms with E-state index in [4.69, 9.17) is 5.73 Å². The predicted octanol–water partition coefficient (Wildman–Crippen LogP) is 0.816. The Bertz CT molecular complexity index is 1420. The van der Waals surface area contributed by atoms with Crippen molar-refractivity contribution in [1.82, 2.24) is 20.9 Å². The van der Waals surface area contributed by atoms with Gasteiger partial charge in [0.1, 0.15) is 23.9 Å². The summed E-state index contributed by atoms with van der Waals surface area (Å²) < 4.78 is 0. The number of nitrogens with zero attached hydrogens (tertiary/aromatic N) is 1. The summed E-state index contributed by atoms with van der Waals surface area (Å²) in [6.07, 6.45) is 0.877. The van der Waals surface area contributed by atoms with Crippen LogP contribution in [0.3, 0.4) is 0 Å². The number of rotatable bonds is 7. The summed E-state index contributed by atoms with van der Waals surface area (Å²) >= 11 is 0. The van der Waals surface area contributed by atoms with Crippen molar-refractivity contribution >= 4 is 23.6 Å². The molecule has 0 saturated carbocycles. The van der Waals surface area contributed by atoms with Crippen LogP contribution in [0.25, 0.3) is 0 Å². The minimum Gasteiger partial charge on any atom is -0.508 e. The summed E-state index contributed by atoms with van der Waals surface area (Å²) in [4.78, 5) is 55.8. The molecule has 10 heteroatoms. The van der Waals surface area contributed by atoms with E-state index in [0.717, 1.165) is 16.7 Å². The van der Waals surface area contributed by atoms with Crippen LogP contribution in [0.15, 0.2) is 84.9 Å². The van der Waals surface area contributed by atoms with Gasteiger partial charge in [0.25, 0.3) is 0 Å². The quantitative estimate of drug-likeness (QED) is 0.284. The maximum absolute atomic E-state index is 13.7. The van der Waals surface area contributed by atoms with Crippen LogP contribution >= 0.6 is 0 Å². The molecule has 2 saturated heterocycles. The van der Waals surface area contributed by atoms with Crippen LogP contribution in [-0.4, -0.2) is 70.4 Å². The molecule has 2 heterocycles. The SMILES string of the molecule is N[C@@H](Cc1ccc(O)cc1)C(=O)N1C[C@@H]2C[C@H]1C(=O)N[C@H](Cc1ccccc1)C(=O)N[C@H](Cc1ccccc1)C(=O)N2. The first kappa shape index (κ1) is 28.8. The number of aromatic hydroxyl groups is 1. The molecule has 2 bridgehead atoms. The third-order valence-electron chi connectivity index (χ3n) is 7.77. The highest BCUT2D eigenvalue weighted by molar-refractivity contribution is 5.96. The number of amides is 4. The lowest BCUT2D eigenvalue weighted by Crippen LogP contribution is -2.59. The molecule has 5 atom stereocenters. The first-order valence-corrected chi connectivity index (χ1v) is 14.1. The third-order valence-corrected chi connectivity index (χ3v) is 7.77. The lowest BCUT2D eigenvalue weighted by molar-refractivity contribution is -0.140. The zero-order valence-electron chi connectivity index (χ0n) is 23.1. The highest BCUT2D eigenvalue weighted by Gasteiger charge is 2.44. The predicted molar refractivity (Wildman–Crippen MR) is 156 cm³/mol. The van der Waals surface area contributed by atoms with E-state index in [1.165, 1.54) is 17.0 Å². The average molecular weight is 570 g/mol. The van der Waals surface area contributed by atoms with Crippen LogP contribution in [-0.2, 0) is 38.4 Å². The van der Waals surface area contributed by atoms with Crippen molar-refractivity contribution in [3.05, 3.63) is 102 Å². The van der Waals surface area contributed by atoms with Gasteiger partial charge in [-0.2, -0.15) is 0 Å². The van der Waals surface area contributed by atoms with E-state index in [-0.39, 0.29) is 43.9 Å². The molecule has 2 aliphatic rings. The molecule has 0 spiro atoms. The van der Waals surface area contributed by atoms with Crippen molar-refractivity contribution < 1.29 is 24.3 Å². The van der Waals surface area contributed by atoms with Crippen molar-refractivity contribution in [2.75, 3.05) is 6.54 Å². The number of nitrogens with one attached hydrogen (secondary N) is 3. The van der Waals surface area contributed by atoms with E-state index in [0.29, 0.717) is 0 Å². The number of phenols is 1. The topological polar surface area (TPSA) is 154 Å². The second kappa shape index (κ2) is 12.9. The molecule has 42 heavy (non-hydrogen) atoms. The molecule has 10 nitrogen and oxygen atoms in total. The van der Waals surface area contributed by atoms with Crippen molar-refractivity contribution in [3.8, 4) is 5.75 Å². The molecule has 4 amide bonds. The number of benzene rings is 3. The van der Waals surface area contributed by atoms with Gasteiger partial charge in [-0.15, -0.1) is 0 Å². The van der Waals surface area contributed by atoms with Crippen molar-refractivity contribution in [3.63, 3.8) is 0 Å². The fourth-order valence-corrected chi connectivity index (χ4v) is 5.58. The molecule has 0 unspecified atom stereocenters. The molecule has 2 fully saturated rings. The first-order chi connectivity index (χ1) is 20.3. The van der Waals surface area contributed by atoms with Gasteiger partial charge < -0.3 is 31.7 Å². The number of phenolic OH excluding ortho intramolecular Hbond substituents is 1. The van der Waals surface area contributed by atoms with Gasteiger partial charge in [-0.05, 0) is 41.7 Å². The zero-order chi connectivity index (χ0) is 29.6. The number of nitrogens with two attached hydrogens (primary N) is 1. The molecule has 0 radical (unpaired) electrons. The van der Waals surface area contributed by atoms with Crippen LogP contribution < -0.4 is 21.7 Å². The molecule has 3 aromatic rings. The standard InChI is InChI=1S/C32H35N5O5/c33-25(15-22-11-13-24(38)14-12-22)32(42)37-19-23-18-28(37)31(41)36-27(17-21-9-5-2-6-10-21)30(40)35-26(29(39)34-23)16-20-7-3-1-4-8-20/h1-14,23,25-28,38H,15-19,33H2,(H,34,39)(H,35,40)(H,36,41)/t23-,25-,26+,27+,28-/m0/s1. The van der Waals surface area contributed by atoms with Crippen molar-refractivity contribution in [1.29, 1.82) is 0 Å². The van der Waals surface area contributed by atoms with Crippen LogP contribution in [0, 0.1) is 0 Å². The monoisotopic (exact) mass is 569 g/mol. The van der Waals surface area contributed by atoms with Gasteiger partial charge in [-0.25, -0.2) is 0 Å². The van der Waals surface area contributed by atoms with Gasteiger partial charge in [-0.1, -0.05) is 72.8 Å². The smallest absolute Gasteiger partial charge is 0.243 e. The number of carbonyl (C=O) groups excluding carboxylic acids is 4. The molecular weight excluding hydrogens is 534 g/mol. The van der Waals surface area contributed by atoms with E-state index >= 15 is 0 Å². The van der Waals surface area contributed by atoms with E-state index in [1.54, 1.807) is 12.1 Å². The summed E-state index contributed by atoms with van der Waals surface area (Å²) in [5, 5.41) is 18.3. The Morgan fingerprint density at radius 3 is 1.86 bits per heavy atom. The van der Waals surface area contributed by atoms with E-state index in [9.17, 15) is 24.3 Å². The fraction of sp³-hybridized carbons (Fsp3) is 0.312. The maximum Gasteiger partial charge on any atom is 0.243 e. The van der Waals surface area contributed by atoms with Gasteiger partial charge in [0.2, 0.25) is 23.6 Å². The maximum atomic E-state index is 13.7. The molecule has 5 rings (SSSR count).